The molecule has 0 aliphatic heterocycles. The zero-order chi connectivity index (χ0) is 13.9. The zero-order valence-corrected chi connectivity index (χ0v) is 12.1. The first-order valence-electron chi connectivity index (χ1n) is 6.60. The number of benzene rings is 1. The molecule has 2 aromatic heterocycles. The van der Waals surface area contributed by atoms with Gasteiger partial charge < -0.3 is 9.88 Å². The van der Waals surface area contributed by atoms with Gasteiger partial charge >= 0.3 is 0 Å². The van der Waals surface area contributed by atoms with Gasteiger partial charge in [0.2, 0.25) is 0 Å². The van der Waals surface area contributed by atoms with Crippen LogP contribution in [0.25, 0.3) is 10.9 Å². The van der Waals surface area contributed by atoms with Crippen molar-refractivity contribution in [3.05, 3.63) is 58.4 Å². The minimum atomic E-state index is -0.00152. The first kappa shape index (κ1) is 12.9. The van der Waals surface area contributed by atoms with Gasteiger partial charge in [0.1, 0.15) is 0 Å². The summed E-state index contributed by atoms with van der Waals surface area (Å²) in [4.78, 5) is 13.6. The van der Waals surface area contributed by atoms with E-state index in [-0.39, 0.29) is 5.91 Å². The number of carbonyl (C=O) groups is 1. The normalized spacial score (nSPS) is 10.8. The third-order valence-corrected chi connectivity index (χ3v) is 4.31. The molecule has 4 heteroatoms. The van der Waals surface area contributed by atoms with E-state index in [0.29, 0.717) is 6.54 Å². The van der Waals surface area contributed by atoms with Gasteiger partial charge in [0.05, 0.1) is 5.56 Å². The largest absolute Gasteiger partial charge is 0.352 e. The highest BCUT2D eigenvalue weighted by atomic mass is 32.1. The van der Waals surface area contributed by atoms with E-state index in [1.54, 1.807) is 11.3 Å². The molecule has 0 atom stereocenters. The second-order valence-electron chi connectivity index (χ2n) is 4.76. The minimum Gasteiger partial charge on any atom is -0.352 e. The molecule has 0 spiro atoms. The third kappa shape index (κ3) is 2.47. The molecule has 102 valence electrons. The van der Waals surface area contributed by atoms with Crippen LogP contribution >= 0.6 is 11.3 Å². The van der Waals surface area contributed by atoms with Gasteiger partial charge in [-0.25, -0.2) is 0 Å². The lowest BCUT2D eigenvalue weighted by atomic mass is 10.1. The molecule has 0 aliphatic carbocycles. The van der Waals surface area contributed by atoms with E-state index in [1.165, 1.54) is 4.88 Å². The number of rotatable bonds is 4. The molecular formula is C16H16N2OS. The monoisotopic (exact) mass is 284 g/mol. The summed E-state index contributed by atoms with van der Waals surface area (Å²) in [5, 5.41) is 6.06. The molecule has 3 rings (SSSR count). The first-order chi connectivity index (χ1) is 9.75. The number of hydrogen-bond acceptors (Lipinski definition) is 2. The number of aryl methyl sites for hydroxylation is 1. The van der Waals surface area contributed by atoms with Gasteiger partial charge in [0.15, 0.2) is 0 Å². The predicted octanol–water partition coefficient (Wildman–Crippen LogP) is 3.21. The number of nitrogens with zero attached hydrogens (tertiary/aromatic N) is 1. The smallest absolute Gasteiger partial charge is 0.253 e. The molecule has 0 saturated heterocycles. The summed E-state index contributed by atoms with van der Waals surface area (Å²) in [6.45, 7) is 0.669. The molecule has 0 bridgehead atoms. The average Bonchev–Trinajstić information content (AvgIpc) is 3.08. The molecule has 1 aromatic carbocycles. The number of carbonyl (C=O) groups excluding carboxylic acids is 1. The number of hydrogen-bond donors (Lipinski definition) is 1. The van der Waals surface area contributed by atoms with Crippen LogP contribution in [-0.4, -0.2) is 17.0 Å². The molecule has 2 heterocycles. The maximum Gasteiger partial charge on any atom is 0.253 e. The fourth-order valence-corrected chi connectivity index (χ4v) is 3.08. The molecule has 0 fully saturated rings. The van der Waals surface area contributed by atoms with Crippen molar-refractivity contribution in [3.8, 4) is 0 Å². The summed E-state index contributed by atoms with van der Waals surface area (Å²) in [5.41, 5.74) is 1.82. The van der Waals surface area contributed by atoms with Gasteiger partial charge in [0, 0.05) is 35.6 Å². The lowest BCUT2D eigenvalue weighted by molar-refractivity contribution is 0.0955. The fourth-order valence-electron chi connectivity index (χ4n) is 2.37. The molecule has 0 saturated carbocycles. The van der Waals surface area contributed by atoms with Crippen LogP contribution in [0.1, 0.15) is 15.2 Å². The van der Waals surface area contributed by atoms with Gasteiger partial charge in [-0.1, -0.05) is 24.3 Å². The standard InChI is InChI=1S/C16H16N2OS/c1-18-11-14(13-6-2-3-7-15(13)18)16(19)17-9-8-12-5-4-10-20-12/h2-7,10-11H,8-9H2,1H3,(H,17,19). The van der Waals surface area contributed by atoms with E-state index in [4.69, 9.17) is 0 Å². The molecular weight excluding hydrogens is 268 g/mol. The quantitative estimate of drug-likeness (QED) is 0.784. The Hall–Kier alpha value is -2.07. The van der Waals surface area contributed by atoms with Crippen molar-refractivity contribution in [2.24, 2.45) is 7.05 Å². The number of amides is 1. The van der Waals surface area contributed by atoms with Crippen molar-refractivity contribution in [2.75, 3.05) is 6.54 Å². The van der Waals surface area contributed by atoms with E-state index < -0.39 is 0 Å². The van der Waals surface area contributed by atoms with Crippen LogP contribution in [0, 0.1) is 0 Å². The SMILES string of the molecule is Cn1cc(C(=O)NCCc2cccs2)c2ccccc21. The van der Waals surface area contributed by atoms with Crippen LogP contribution in [0.3, 0.4) is 0 Å². The van der Waals surface area contributed by atoms with Crippen LogP contribution in [0.2, 0.25) is 0 Å². The lowest BCUT2D eigenvalue weighted by Crippen LogP contribution is -2.25. The Kier molecular flexibility index (Phi) is 3.56. The Morgan fingerprint density at radius 1 is 1.25 bits per heavy atom. The summed E-state index contributed by atoms with van der Waals surface area (Å²) >= 11 is 1.72. The van der Waals surface area contributed by atoms with Crippen LogP contribution in [0.4, 0.5) is 0 Å². The van der Waals surface area contributed by atoms with Crippen LogP contribution in [-0.2, 0) is 13.5 Å². The maximum atomic E-state index is 12.3. The number of para-hydroxylation sites is 1. The molecule has 3 nitrogen and oxygen atoms in total. The summed E-state index contributed by atoms with van der Waals surface area (Å²) in [6, 6.07) is 12.1. The highest BCUT2D eigenvalue weighted by molar-refractivity contribution is 7.09. The molecule has 1 amide bonds. The number of fused-ring (bicyclic) bond motifs is 1. The number of thiophene rings is 1. The summed E-state index contributed by atoms with van der Waals surface area (Å²) in [6.07, 6.45) is 2.78. The van der Waals surface area contributed by atoms with Gasteiger partial charge in [0.25, 0.3) is 5.91 Å². The van der Waals surface area contributed by atoms with Crippen molar-refractivity contribution in [2.45, 2.75) is 6.42 Å². The van der Waals surface area contributed by atoms with Crippen molar-refractivity contribution >= 4 is 28.1 Å². The Balaban J connectivity index is 1.72. The molecule has 0 unspecified atom stereocenters. The van der Waals surface area contributed by atoms with E-state index in [1.807, 2.05) is 48.1 Å². The Labute approximate surface area is 121 Å². The maximum absolute atomic E-state index is 12.3. The fraction of sp³-hybridized carbons (Fsp3) is 0.188. The van der Waals surface area contributed by atoms with E-state index in [2.05, 4.69) is 16.8 Å². The molecule has 1 N–H and O–H groups in total. The zero-order valence-electron chi connectivity index (χ0n) is 11.3. The average molecular weight is 284 g/mol. The van der Waals surface area contributed by atoms with E-state index >= 15 is 0 Å². The second-order valence-corrected chi connectivity index (χ2v) is 5.79. The summed E-state index contributed by atoms with van der Waals surface area (Å²) < 4.78 is 1.99. The van der Waals surface area contributed by atoms with Crippen molar-refractivity contribution in [1.29, 1.82) is 0 Å². The van der Waals surface area contributed by atoms with Crippen molar-refractivity contribution in [3.63, 3.8) is 0 Å². The van der Waals surface area contributed by atoms with Gasteiger partial charge in [-0.3, -0.25) is 4.79 Å². The first-order valence-corrected chi connectivity index (χ1v) is 7.48. The predicted molar refractivity (Wildman–Crippen MR) is 83.3 cm³/mol. The molecule has 3 aromatic rings. The minimum absolute atomic E-state index is 0.00152. The molecule has 0 radical (unpaired) electrons. The highest BCUT2D eigenvalue weighted by Crippen LogP contribution is 2.20. The highest BCUT2D eigenvalue weighted by Gasteiger charge is 2.12. The van der Waals surface area contributed by atoms with Gasteiger partial charge in [-0.05, 0) is 23.9 Å². The van der Waals surface area contributed by atoms with E-state index in [9.17, 15) is 4.79 Å². The summed E-state index contributed by atoms with van der Waals surface area (Å²) in [7, 11) is 1.96. The Morgan fingerprint density at radius 2 is 2.10 bits per heavy atom. The molecule has 0 aliphatic rings. The van der Waals surface area contributed by atoms with Crippen molar-refractivity contribution < 1.29 is 4.79 Å². The Morgan fingerprint density at radius 3 is 2.90 bits per heavy atom. The topological polar surface area (TPSA) is 34.0 Å². The van der Waals surface area contributed by atoms with E-state index in [0.717, 1.165) is 22.9 Å². The lowest BCUT2D eigenvalue weighted by Gasteiger charge is -2.03. The number of aromatic nitrogens is 1. The van der Waals surface area contributed by atoms with Gasteiger partial charge in [-0.15, -0.1) is 11.3 Å². The Bertz CT molecular complexity index is 728. The van der Waals surface area contributed by atoms with Crippen molar-refractivity contribution in [1.82, 2.24) is 9.88 Å². The van der Waals surface area contributed by atoms with Crippen LogP contribution < -0.4 is 5.32 Å². The summed E-state index contributed by atoms with van der Waals surface area (Å²) in [5.74, 6) is -0.00152. The third-order valence-electron chi connectivity index (χ3n) is 3.38. The van der Waals surface area contributed by atoms with Gasteiger partial charge in [-0.2, -0.15) is 0 Å². The van der Waals surface area contributed by atoms with Crippen LogP contribution in [0.5, 0.6) is 0 Å². The van der Waals surface area contributed by atoms with Crippen LogP contribution in [0.15, 0.2) is 48.0 Å². The molecule has 20 heavy (non-hydrogen) atoms. The number of nitrogens with one attached hydrogen (secondary N) is 1. The second kappa shape index (κ2) is 5.51.